The zero-order valence-electron chi connectivity index (χ0n) is 19.0. The van der Waals surface area contributed by atoms with Crippen LogP contribution >= 0.6 is 24.8 Å². The fraction of sp³-hybridized carbons (Fsp3) is 0.286. The number of hydrogen-bond donors (Lipinski definition) is 0. The third-order valence-electron chi connectivity index (χ3n) is 5.84. The molecule has 0 N–H and O–H groups in total. The van der Waals surface area contributed by atoms with Crippen molar-refractivity contribution in [3.8, 4) is 0 Å². The molecule has 1 aliphatic rings. The summed E-state index contributed by atoms with van der Waals surface area (Å²) >= 11 is 0. The summed E-state index contributed by atoms with van der Waals surface area (Å²) in [7, 11) is 0. The van der Waals surface area contributed by atoms with Gasteiger partial charge in [0.2, 0.25) is 0 Å². The molecule has 0 bridgehead atoms. The maximum atomic E-state index is 6.39. The molecule has 3 aromatic rings. The van der Waals surface area contributed by atoms with Crippen LogP contribution in [0.25, 0.3) is 6.08 Å². The lowest BCUT2D eigenvalue weighted by atomic mass is 10.0. The third kappa shape index (κ3) is 8.62. The monoisotopic (exact) mass is 484 g/mol. The highest BCUT2D eigenvalue weighted by Gasteiger charge is 2.18. The summed E-state index contributed by atoms with van der Waals surface area (Å²) in [6, 6.07) is 31.6. The SMILES string of the molecule is C(=C\c1ccccc1)/CN1CCN(CCOC(c2ccccc2)c2ccccc2)CC1.Cl.Cl. The molecule has 0 atom stereocenters. The van der Waals surface area contributed by atoms with Crippen LogP contribution in [-0.2, 0) is 4.74 Å². The Balaban J connectivity index is 0.00000193. The molecule has 3 aromatic carbocycles. The van der Waals surface area contributed by atoms with E-state index in [1.165, 1.54) is 16.7 Å². The maximum absolute atomic E-state index is 6.39. The lowest BCUT2D eigenvalue weighted by molar-refractivity contribution is 0.0468. The second kappa shape index (κ2) is 14.9. The van der Waals surface area contributed by atoms with Crippen molar-refractivity contribution >= 4 is 30.9 Å². The Labute approximate surface area is 210 Å². The van der Waals surface area contributed by atoms with Crippen LogP contribution in [0.3, 0.4) is 0 Å². The normalized spacial score (nSPS) is 14.7. The molecule has 1 fully saturated rings. The molecule has 0 spiro atoms. The van der Waals surface area contributed by atoms with E-state index < -0.39 is 0 Å². The Morgan fingerprint density at radius 3 is 1.70 bits per heavy atom. The quantitative estimate of drug-likeness (QED) is 0.372. The minimum absolute atomic E-state index is 0. The number of hydrogen-bond acceptors (Lipinski definition) is 3. The van der Waals surface area contributed by atoms with Crippen molar-refractivity contribution in [1.82, 2.24) is 9.80 Å². The van der Waals surface area contributed by atoms with Gasteiger partial charge in [0.05, 0.1) is 6.61 Å². The first-order valence-electron chi connectivity index (χ1n) is 11.3. The zero-order valence-corrected chi connectivity index (χ0v) is 20.6. The summed E-state index contributed by atoms with van der Waals surface area (Å²) in [5.41, 5.74) is 3.69. The molecule has 0 aromatic heterocycles. The number of nitrogens with zero attached hydrogens (tertiary/aromatic N) is 2. The standard InChI is InChI=1S/C28H32N2O.2ClH/c1-4-11-25(12-5-1)13-10-18-29-19-21-30(22-20-29)23-24-31-28(26-14-6-2-7-15-26)27-16-8-3-9-17-27;;/h1-17,28H,18-24H2;2*1H/b13-10+;;. The Hall–Kier alpha value is -2.14. The molecule has 1 saturated heterocycles. The lowest BCUT2D eigenvalue weighted by Crippen LogP contribution is -2.47. The van der Waals surface area contributed by atoms with E-state index in [4.69, 9.17) is 4.74 Å². The Morgan fingerprint density at radius 1 is 0.667 bits per heavy atom. The molecule has 176 valence electrons. The molecule has 1 aliphatic heterocycles. The highest BCUT2D eigenvalue weighted by Crippen LogP contribution is 2.25. The fourth-order valence-electron chi connectivity index (χ4n) is 4.04. The molecular formula is C28H34Cl2N2O. The van der Waals surface area contributed by atoms with Crippen LogP contribution in [0.2, 0.25) is 0 Å². The van der Waals surface area contributed by atoms with Gasteiger partial charge in [0.15, 0.2) is 0 Å². The van der Waals surface area contributed by atoms with E-state index in [1.54, 1.807) is 0 Å². The van der Waals surface area contributed by atoms with Crippen LogP contribution in [-0.4, -0.2) is 55.7 Å². The summed E-state index contributed by atoms with van der Waals surface area (Å²) < 4.78 is 6.39. The van der Waals surface area contributed by atoms with Crippen molar-refractivity contribution < 1.29 is 4.74 Å². The smallest absolute Gasteiger partial charge is 0.108 e. The zero-order chi connectivity index (χ0) is 21.1. The maximum Gasteiger partial charge on any atom is 0.108 e. The summed E-state index contributed by atoms with van der Waals surface area (Å²) in [6.07, 6.45) is 4.48. The predicted octanol–water partition coefficient (Wildman–Crippen LogP) is 5.97. The van der Waals surface area contributed by atoms with Crippen LogP contribution in [0.1, 0.15) is 22.8 Å². The number of rotatable bonds is 9. The highest BCUT2D eigenvalue weighted by atomic mass is 35.5. The molecule has 1 heterocycles. The van der Waals surface area contributed by atoms with Gasteiger partial charge >= 0.3 is 0 Å². The van der Waals surface area contributed by atoms with E-state index in [0.717, 1.165) is 45.9 Å². The first-order chi connectivity index (χ1) is 15.4. The van der Waals surface area contributed by atoms with E-state index in [0.29, 0.717) is 0 Å². The van der Waals surface area contributed by atoms with Crippen LogP contribution < -0.4 is 0 Å². The number of ether oxygens (including phenoxy) is 1. The third-order valence-corrected chi connectivity index (χ3v) is 5.84. The molecule has 0 radical (unpaired) electrons. The Morgan fingerprint density at radius 2 is 1.15 bits per heavy atom. The number of piperazine rings is 1. The Bertz CT molecular complexity index is 875. The van der Waals surface area contributed by atoms with Gasteiger partial charge in [-0.15, -0.1) is 24.8 Å². The minimum Gasteiger partial charge on any atom is -0.367 e. The van der Waals surface area contributed by atoms with Crippen molar-refractivity contribution in [1.29, 1.82) is 0 Å². The Kier molecular flexibility index (Phi) is 12.2. The van der Waals surface area contributed by atoms with Gasteiger partial charge in [0.1, 0.15) is 6.10 Å². The first-order valence-corrected chi connectivity index (χ1v) is 11.3. The fourth-order valence-corrected chi connectivity index (χ4v) is 4.04. The number of halogens is 2. The van der Waals surface area contributed by atoms with Gasteiger partial charge < -0.3 is 4.74 Å². The van der Waals surface area contributed by atoms with Crippen LogP contribution in [0, 0.1) is 0 Å². The van der Waals surface area contributed by atoms with Crippen LogP contribution in [0.5, 0.6) is 0 Å². The predicted molar refractivity (Wildman–Crippen MR) is 144 cm³/mol. The van der Waals surface area contributed by atoms with Crippen molar-refractivity contribution in [3.63, 3.8) is 0 Å². The molecule has 0 amide bonds. The van der Waals surface area contributed by atoms with Gasteiger partial charge in [-0.1, -0.05) is 103 Å². The first kappa shape index (κ1) is 27.1. The van der Waals surface area contributed by atoms with Gasteiger partial charge in [0.25, 0.3) is 0 Å². The number of benzene rings is 3. The second-order valence-corrected chi connectivity index (χ2v) is 8.03. The molecule has 4 rings (SSSR count). The average molecular weight is 485 g/mol. The molecule has 0 unspecified atom stereocenters. The summed E-state index contributed by atoms with van der Waals surface area (Å²) in [5, 5.41) is 0. The largest absolute Gasteiger partial charge is 0.367 e. The van der Waals surface area contributed by atoms with Crippen molar-refractivity contribution in [2.24, 2.45) is 0 Å². The second-order valence-electron chi connectivity index (χ2n) is 8.03. The van der Waals surface area contributed by atoms with E-state index >= 15 is 0 Å². The van der Waals surface area contributed by atoms with E-state index in [-0.39, 0.29) is 30.9 Å². The summed E-state index contributed by atoms with van der Waals surface area (Å²) in [5.74, 6) is 0. The highest BCUT2D eigenvalue weighted by molar-refractivity contribution is 5.85. The van der Waals surface area contributed by atoms with Gasteiger partial charge in [-0.05, 0) is 16.7 Å². The minimum atomic E-state index is -0.00758. The topological polar surface area (TPSA) is 15.7 Å². The lowest BCUT2D eigenvalue weighted by Gasteiger charge is -2.34. The van der Waals surface area contributed by atoms with Crippen LogP contribution in [0.15, 0.2) is 97.1 Å². The van der Waals surface area contributed by atoms with Gasteiger partial charge in [-0.2, -0.15) is 0 Å². The van der Waals surface area contributed by atoms with Gasteiger partial charge in [-0.3, -0.25) is 9.80 Å². The molecule has 0 saturated carbocycles. The van der Waals surface area contributed by atoms with Crippen molar-refractivity contribution in [2.45, 2.75) is 6.10 Å². The van der Waals surface area contributed by atoms with Crippen molar-refractivity contribution in [3.05, 3.63) is 114 Å². The summed E-state index contributed by atoms with van der Waals surface area (Å²) in [6.45, 7) is 7.16. The van der Waals surface area contributed by atoms with Gasteiger partial charge in [0, 0.05) is 39.3 Å². The van der Waals surface area contributed by atoms with Gasteiger partial charge in [-0.25, -0.2) is 0 Å². The van der Waals surface area contributed by atoms with Crippen LogP contribution in [0.4, 0.5) is 0 Å². The van der Waals surface area contributed by atoms with E-state index in [9.17, 15) is 0 Å². The molecule has 0 aliphatic carbocycles. The van der Waals surface area contributed by atoms with E-state index in [1.807, 2.05) is 0 Å². The summed E-state index contributed by atoms with van der Waals surface area (Å²) in [4.78, 5) is 5.04. The van der Waals surface area contributed by atoms with Crippen molar-refractivity contribution in [2.75, 3.05) is 45.9 Å². The molecule has 5 heteroatoms. The molecular weight excluding hydrogens is 451 g/mol. The van der Waals surface area contributed by atoms with E-state index in [2.05, 4.69) is 113 Å². The molecule has 3 nitrogen and oxygen atoms in total. The average Bonchev–Trinajstić information content (AvgIpc) is 2.85. The molecule has 33 heavy (non-hydrogen) atoms.